The fraction of sp³-hybridized carbons (Fsp3) is 0.700. The van der Waals surface area contributed by atoms with Crippen LogP contribution in [0.3, 0.4) is 0 Å². The molecule has 25 heavy (non-hydrogen) atoms. The zero-order valence-electron chi connectivity index (χ0n) is 12.4. The minimum absolute atomic E-state index is 1.06. The molecule has 0 saturated heterocycles. The Bertz CT molecular complexity index is 488. The summed E-state index contributed by atoms with van der Waals surface area (Å²) in [7, 11) is 2.02. The lowest BCUT2D eigenvalue weighted by Crippen LogP contribution is -2.79. The van der Waals surface area contributed by atoms with Gasteiger partial charge in [0, 0.05) is 0 Å². The molecule has 0 saturated carbocycles. The van der Waals surface area contributed by atoms with E-state index in [9.17, 15) is 52.7 Å². The van der Waals surface area contributed by atoms with Gasteiger partial charge in [-0.1, -0.05) is 0 Å². The van der Waals surface area contributed by atoms with Crippen molar-refractivity contribution < 1.29 is 57.3 Å². The van der Waals surface area contributed by atoms with E-state index in [0.29, 0.717) is 0 Å². The Hall–Kier alpha value is -1.57. The van der Waals surface area contributed by atoms with Gasteiger partial charge in [0.15, 0.2) is 0 Å². The van der Waals surface area contributed by atoms with Crippen molar-refractivity contribution in [3.05, 3.63) is 18.7 Å². The molecule has 0 fully saturated rings. The number of halogens is 12. The molecule has 0 amide bonds. The van der Waals surface area contributed by atoms with Crippen molar-refractivity contribution >= 4 is 6.15 Å². The van der Waals surface area contributed by atoms with E-state index >= 15 is 0 Å². The molecule has 2 nitrogen and oxygen atoms in total. The minimum Gasteiger partial charge on any atom is -0.240 e. The van der Waals surface area contributed by atoms with Gasteiger partial charge < -0.3 is 0 Å². The summed E-state index contributed by atoms with van der Waals surface area (Å²) in [6.07, 6.45) is -32.6. The molecular weight excluding hydrogens is 387 g/mol. The topological polar surface area (TPSA) is 8.81 Å². The van der Waals surface area contributed by atoms with Gasteiger partial charge >= 0.3 is 6.15 Å². The summed E-state index contributed by atoms with van der Waals surface area (Å²) in [5, 5.41) is 0. The van der Waals surface area contributed by atoms with Crippen molar-refractivity contribution in [1.29, 1.82) is 0 Å². The summed E-state index contributed by atoms with van der Waals surface area (Å²) in [5.41, 5.74) is 0. The van der Waals surface area contributed by atoms with Gasteiger partial charge in [0.05, 0.1) is 13.6 Å². The van der Waals surface area contributed by atoms with E-state index in [1.165, 1.54) is 0 Å². The van der Waals surface area contributed by atoms with Crippen LogP contribution in [0.2, 0.25) is 0 Å². The number of aryl methyl sites for hydroxylation is 2. The molecule has 0 spiro atoms. The maximum Gasteiger partial charge on any atom is 0.452 e. The van der Waals surface area contributed by atoms with Crippen LogP contribution in [0.25, 0.3) is 0 Å². The highest BCUT2D eigenvalue weighted by Crippen LogP contribution is 2.57. The Morgan fingerprint density at radius 1 is 0.760 bits per heavy atom. The zero-order valence-corrected chi connectivity index (χ0v) is 12.4. The Morgan fingerprint density at radius 2 is 1.08 bits per heavy atom. The first-order valence-electron chi connectivity index (χ1n) is 6.26. The monoisotopic (exact) mass is 398 g/mol. The molecule has 0 aliphatic rings. The van der Waals surface area contributed by atoms with Crippen LogP contribution in [-0.2, 0) is 13.6 Å². The van der Waals surface area contributed by atoms with Gasteiger partial charge in [-0.05, 0) is 6.92 Å². The number of imidazole rings is 1. The smallest absolute Gasteiger partial charge is 0.240 e. The molecule has 0 aromatic carbocycles. The molecule has 15 heteroatoms. The third-order valence-corrected chi connectivity index (χ3v) is 3.15. The van der Waals surface area contributed by atoms with Crippen molar-refractivity contribution in [3.63, 3.8) is 0 Å². The molecule has 0 unspecified atom stereocenters. The number of hydrogen-bond acceptors (Lipinski definition) is 0. The molecule has 1 heterocycles. The highest BCUT2D eigenvalue weighted by molar-refractivity contribution is 6.86. The highest BCUT2D eigenvalue weighted by Gasteiger charge is 2.90. The number of aromatic nitrogens is 2. The lowest BCUT2D eigenvalue weighted by molar-refractivity contribution is -0.671. The van der Waals surface area contributed by atoms with E-state index < -0.39 is 30.4 Å². The van der Waals surface area contributed by atoms with Gasteiger partial charge in [0.1, 0.15) is 12.4 Å². The molecule has 0 atom stereocenters. The second-order valence-electron chi connectivity index (χ2n) is 4.94. The quantitative estimate of drug-likeness (QED) is 0.382. The average molecular weight is 398 g/mol. The summed E-state index contributed by atoms with van der Waals surface area (Å²) in [4.78, 5) is 0. The third kappa shape index (κ3) is 4.54. The van der Waals surface area contributed by atoms with E-state index in [-0.39, 0.29) is 0 Å². The summed E-state index contributed by atoms with van der Waals surface area (Å²) in [6.45, 7) is 3.18. The van der Waals surface area contributed by atoms with Crippen LogP contribution in [0, 0.1) is 0 Å². The summed E-state index contributed by atoms with van der Waals surface area (Å²) >= 11 is 0. The van der Waals surface area contributed by atoms with E-state index in [1.54, 1.807) is 0 Å². The van der Waals surface area contributed by atoms with Crippen LogP contribution in [0.5, 0.6) is 0 Å². The molecule has 0 aliphatic carbocycles. The van der Waals surface area contributed by atoms with E-state index in [0.717, 1.165) is 6.54 Å². The van der Waals surface area contributed by atoms with Crippen molar-refractivity contribution in [2.75, 3.05) is 0 Å². The summed E-state index contributed by atoms with van der Waals surface area (Å²) < 4.78 is 145. The summed E-state index contributed by atoms with van der Waals surface area (Å²) in [6, 6.07) is 0. The largest absolute Gasteiger partial charge is 0.452 e. The highest BCUT2D eigenvalue weighted by atomic mass is 19.4. The fourth-order valence-corrected chi connectivity index (χ4v) is 1.80. The fourth-order valence-electron chi connectivity index (χ4n) is 1.80. The standard InChI is InChI=1S/C6H11N2.C4BF12/c1-3-8-5-4-7(2)6-8;6-1(7,8)5(2(9,10)11,3(12,13)14)4(15,16)17/h4-6H,3H2,1-2H3;/q+1;-1. The van der Waals surface area contributed by atoms with Crippen LogP contribution >= 0.6 is 0 Å². The maximum atomic E-state index is 11.7. The molecule has 1 aromatic rings. The molecular formula is C10H11BF12N2. The number of rotatable bonds is 1. The van der Waals surface area contributed by atoms with Crippen LogP contribution in [0.1, 0.15) is 6.92 Å². The molecule has 1 aromatic heterocycles. The van der Waals surface area contributed by atoms with Crippen LogP contribution in [0.4, 0.5) is 52.7 Å². The van der Waals surface area contributed by atoms with Gasteiger partial charge in [-0.3, -0.25) is 0 Å². The van der Waals surface area contributed by atoms with Gasteiger partial charge in [-0.15, -0.1) is 0 Å². The van der Waals surface area contributed by atoms with E-state index in [4.69, 9.17) is 0 Å². The molecule has 0 bridgehead atoms. The Kier molecular flexibility index (Phi) is 6.54. The number of nitrogens with zero attached hydrogens (tertiary/aromatic N) is 2. The predicted octanol–water partition coefficient (Wildman–Crippen LogP) is 4.17. The van der Waals surface area contributed by atoms with Crippen molar-refractivity contribution in [1.82, 2.24) is 4.57 Å². The third-order valence-electron chi connectivity index (χ3n) is 3.15. The zero-order chi connectivity index (χ0) is 20.5. The maximum absolute atomic E-state index is 11.7. The molecule has 0 radical (unpaired) electrons. The molecule has 1 rings (SSSR count). The number of alkyl halides is 12. The first kappa shape index (κ1) is 23.4. The molecule has 0 aliphatic heterocycles. The van der Waals surface area contributed by atoms with E-state index in [1.807, 2.05) is 17.8 Å². The minimum atomic E-state index is -8.58. The van der Waals surface area contributed by atoms with Crippen LogP contribution < -0.4 is 4.57 Å². The van der Waals surface area contributed by atoms with Crippen molar-refractivity contribution in [2.24, 2.45) is 7.05 Å². The first-order chi connectivity index (χ1) is 10.8. The lowest BCUT2D eigenvalue weighted by Gasteiger charge is -2.44. The predicted molar refractivity (Wildman–Crippen MR) is 61.3 cm³/mol. The van der Waals surface area contributed by atoms with Crippen molar-refractivity contribution in [2.45, 2.75) is 37.8 Å². The Labute approximate surface area is 132 Å². The van der Waals surface area contributed by atoms with E-state index in [2.05, 4.69) is 24.0 Å². The van der Waals surface area contributed by atoms with Gasteiger partial charge in [-0.2, -0.15) is 0 Å². The van der Waals surface area contributed by atoms with Crippen molar-refractivity contribution in [3.8, 4) is 0 Å². The lowest BCUT2D eigenvalue weighted by atomic mass is 9.21. The summed E-state index contributed by atoms with van der Waals surface area (Å²) in [5.74, 6) is 0. The van der Waals surface area contributed by atoms with Crippen LogP contribution in [-0.4, -0.2) is 35.0 Å². The number of hydrogen-bond donors (Lipinski definition) is 0. The molecule has 148 valence electrons. The first-order valence-corrected chi connectivity index (χ1v) is 6.26. The van der Waals surface area contributed by atoms with Gasteiger partial charge in [0.25, 0.3) is 24.3 Å². The second-order valence-corrected chi connectivity index (χ2v) is 4.94. The van der Waals surface area contributed by atoms with Crippen LogP contribution in [0.15, 0.2) is 18.7 Å². The van der Waals surface area contributed by atoms with Gasteiger partial charge in [-0.25, -0.2) is 61.8 Å². The normalized spacial score (nSPS) is 14.2. The molecule has 0 N–H and O–H groups in total. The Balaban J connectivity index is 0.000000593. The second kappa shape index (κ2) is 6.98. The SMILES string of the molecule is CCn1cc[n+](C)c1.FC(F)(F)[B-](C(F)(F)F)(C(F)(F)F)C(F)(F)F. The average Bonchev–Trinajstić information content (AvgIpc) is 2.67. The Morgan fingerprint density at radius 3 is 1.16 bits per heavy atom. The van der Waals surface area contributed by atoms with Gasteiger partial charge in [0.2, 0.25) is 6.33 Å².